The van der Waals surface area contributed by atoms with Crippen molar-refractivity contribution in [3.63, 3.8) is 0 Å². The lowest BCUT2D eigenvalue weighted by Gasteiger charge is -2.35. The van der Waals surface area contributed by atoms with Crippen molar-refractivity contribution in [2.75, 3.05) is 30.4 Å². The van der Waals surface area contributed by atoms with E-state index in [0.717, 1.165) is 48.4 Å². The standard InChI is InChI=1S/C31H31N7O2/c1-35-15-10-20-6-8-22(17-25(20)31(35)11-12-31)33-30-32-19-24-28(34-30)38-23-9-7-21-16-27(39)36(26(21)18-23)13-4-2-3-5-14-37(38)29(24)40/h3,5-9,17-19H,2,4,10-16H2,1H3,(H,32,33,34). The molecular formula is C31H31N7O2. The molecule has 0 atom stereocenters. The number of benzene rings is 2. The highest BCUT2D eigenvalue weighted by atomic mass is 16.2. The molecule has 0 saturated heterocycles. The van der Waals surface area contributed by atoms with Gasteiger partial charge in [-0.2, -0.15) is 4.98 Å². The van der Waals surface area contributed by atoms with E-state index in [1.807, 2.05) is 33.9 Å². The number of rotatable bonds is 2. The first-order valence-electron chi connectivity index (χ1n) is 14.2. The molecule has 5 heterocycles. The van der Waals surface area contributed by atoms with Gasteiger partial charge >= 0.3 is 0 Å². The zero-order valence-corrected chi connectivity index (χ0v) is 22.6. The molecule has 1 fully saturated rings. The summed E-state index contributed by atoms with van der Waals surface area (Å²) in [7, 11) is 2.23. The van der Waals surface area contributed by atoms with Gasteiger partial charge in [-0.25, -0.2) is 14.3 Å². The number of amides is 1. The Labute approximate surface area is 231 Å². The minimum Gasteiger partial charge on any atom is -0.324 e. The van der Waals surface area contributed by atoms with Crippen LogP contribution in [0.1, 0.15) is 42.4 Å². The lowest BCUT2D eigenvalue weighted by molar-refractivity contribution is -0.117. The van der Waals surface area contributed by atoms with E-state index in [-0.39, 0.29) is 17.0 Å². The maximum atomic E-state index is 13.6. The maximum Gasteiger partial charge on any atom is 0.278 e. The molecule has 9 nitrogen and oxygen atoms in total. The fourth-order valence-electron chi connectivity index (χ4n) is 6.81. The number of allylic oxidation sites excluding steroid dienone is 2. The van der Waals surface area contributed by atoms with Crippen LogP contribution in [0.4, 0.5) is 17.3 Å². The molecule has 2 bridgehead atoms. The molecule has 3 aliphatic heterocycles. The Hall–Kier alpha value is -4.24. The number of aromatic nitrogens is 4. The first kappa shape index (κ1) is 23.6. The van der Waals surface area contributed by atoms with Gasteiger partial charge in [-0.3, -0.25) is 14.5 Å². The Morgan fingerprint density at radius 3 is 2.75 bits per heavy atom. The first-order chi connectivity index (χ1) is 19.5. The summed E-state index contributed by atoms with van der Waals surface area (Å²) in [4.78, 5) is 40.1. The quantitative estimate of drug-likeness (QED) is 0.392. The van der Waals surface area contributed by atoms with Gasteiger partial charge in [0.2, 0.25) is 11.9 Å². The third kappa shape index (κ3) is 3.50. The highest BCUT2D eigenvalue weighted by Gasteiger charge is 2.50. The summed E-state index contributed by atoms with van der Waals surface area (Å²) in [5.41, 5.74) is 7.11. The predicted octanol–water partition coefficient (Wildman–Crippen LogP) is 4.04. The molecule has 4 aliphatic rings. The van der Waals surface area contributed by atoms with Crippen LogP contribution in [0.2, 0.25) is 0 Å². The molecular weight excluding hydrogens is 502 g/mol. The lowest BCUT2D eigenvalue weighted by Crippen LogP contribution is -2.38. The molecule has 2 aromatic heterocycles. The number of carbonyl (C=O) groups excluding carboxylic acids is 1. The van der Waals surface area contributed by atoms with E-state index in [0.29, 0.717) is 36.5 Å². The average molecular weight is 534 g/mol. The fourth-order valence-corrected chi connectivity index (χ4v) is 6.81. The van der Waals surface area contributed by atoms with Crippen molar-refractivity contribution in [2.45, 2.75) is 50.6 Å². The number of hydrogen-bond acceptors (Lipinski definition) is 6. The molecule has 1 amide bonds. The molecule has 40 heavy (non-hydrogen) atoms. The van der Waals surface area contributed by atoms with Crippen molar-refractivity contribution < 1.29 is 4.79 Å². The Kier molecular flexibility index (Phi) is 5.10. The molecule has 0 unspecified atom stereocenters. The van der Waals surface area contributed by atoms with Crippen LogP contribution in [0.5, 0.6) is 0 Å². The molecule has 2 aromatic carbocycles. The molecule has 1 aliphatic carbocycles. The van der Waals surface area contributed by atoms with Gasteiger partial charge in [0.05, 0.1) is 18.7 Å². The SMILES string of the molecule is CN1CCc2ccc(Nc3ncc4c(=O)n5n(c4n3)-c3ccc4c(c3)N(CCCC=CC5)C(=O)C4)cc2C12CC2. The molecule has 1 saturated carbocycles. The first-order valence-corrected chi connectivity index (χ1v) is 14.2. The monoisotopic (exact) mass is 533 g/mol. The number of likely N-dealkylation sites (N-methyl/N-ethyl adjacent to an activating group) is 1. The van der Waals surface area contributed by atoms with Crippen molar-refractivity contribution in [1.82, 2.24) is 24.2 Å². The zero-order valence-electron chi connectivity index (χ0n) is 22.6. The molecule has 8 rings (SSSR count). The minimum atomic E-state index is -0.135. The Bertz CT molecular complexity index is 1800. The molecule has 1 N–H and O–H groups in total. The highest BCUT2D eigenvalue weighted by molar-refractivity contribution is 6.01. The van der Waals surface area contributed by atoms with Crippen LogP contribution < -0.4 is 15.8 Å². The smallest absolute Gasteiger partial charge is 0.278 e. The van der Waals surface area contributed by atoms with E-state index in [2.05, 4.69) is 46.5 Å². The van der Waals surface area contributed by atoms with E-state index < -0.39 is 0 Å². The fraction of sp³-hybridized carbons (Fsp3) is 0.355. The van der Waals surface area contributed by atoms with Crippen LogP contribution in [-0.2, 0) is 29.7 Å². The summed E-state index contributed by atoms with van der Waals surface area (Å²) in [6.45, 7) is 2.21. The van der Waals surface area contributed by atoms with Gasteiger partial charge in [-0.15, -0.1) is 0 Å². The van der Waals surface area contributed by atoms with Gasteiger partial charge in [-0.05, 0) is 80.1 Å². The molecule has 202 valence electrons. The summed E-state index contributed by atoms with van der Waals surface area (Å²) in [6, 6.07) is 12.6. The Morgan fingerprint density at radius 1 is 1.00 bits per heavy atom. The maximum absolute atomic E-state index is 13.6. The number of nitrogens with zero attached hydrogens (tertiary/aromatic N) is 6. The summed E-state index contributed by atoms with van der Waals surface area (Å²) in [5, 5.41) is 3.88. The topological polar surface area (TPSA) is 88.3 Å². The Morgan fingerprint density at radius 2 is 1.88 bits per heavy atom. The van der Waals surface area contributed by atoms with E-state index in [9.17, 15) is 9.59 Å². The van der Waals surface area contributed by atoms with Gasteiger partial charge in [0.15, 0.2) is 5.65 Å². The van der Waals surface area contributed by atoms with Crippen molar-refractivity contribution in [2.24, 2.45) is 0 Å². The minimum absolute atomic E-state index is 0.126. The van der Waals surface area contributed by atoms with Gasteiger partial charge in [0.1, 0.15) is 5.39 Å². The number of anilines is 3. The van der Waals surface area contributed by atoms with Crippen LogP contribution in [0.15, 0.2) is 59.5 Å². The molecule has 0 radical (unpaired) electrons. The lowest BCUT2D eigenvalue weighted by atomic mass is 9.90. The van der Waals surface area contributed by atoms with E-state index in [4.69, 9.17) is 4.98 Å². The second-order valence-corrected chi connectivity index (χ2v) is 11.5. The summed E-state index contributed by atoms with van der Waals surface area (Å²) < 4.78 is 3.58. The molecule has 4 aromatic rings. The van der Waals surface area contributed by atoms with E-state index >= 15 is 0 Å². The van der Waals surface area contributed by atoms with Gasteiger partial charge in [0, 0.05) is 36.2 Å². The van der Waals surface area contributed by atoms with Gasteiger partial charge in [-0.1, -0.05) is 24.3 Å². The van der Waals surface area contributed by atoms with Gasteiger partial charge < -0.3 is 10.2 Å². The van der Waals surface area contributed by atoms with Crippen molar-refractivity contribution in [3.8, 4) is 5.69 Å². The second kappa shape index (κ2) is 8.63. The third-order valence-electron chi connectivity index (χ3n) is 9.16. The van der Waals surface area contributed by atoms with Crippen LogP contribution in [0.3, 0.4) is 0 Å². The van der Waals surface area contributed by atoms with Crippen molar-refractivity contribution in [3.05, 3.63) is 81.8 Å². The summed E-state index contributed by atoms with van der Waals surface area (Å²) in [6.07, 6.45) is 11.3. The normalized spacial score (nSPS) is 19.3. The van der Waals surface area contributed by atoms with E-state index in [1.54, 1.807) is 10.9 Å². The zero-order chi connectivity index (χ0) is 27.0. The number of nitrogens with one attached hydrogen (secondary N) is 1. The van der Waals surface area contributed by atoms with Crippen molar-refractivity contribution in [1.29, 1.82) is 0 Å². The predicted molar refractivity (Wildman–Crippen MR) is 155 cm³/mol. The van der Waals surface area contributed by atoms with Crippen LogP contribution >= 0.6 is 0 Å². The van der Waals surface area contributed by atoms with E-state index in [1.165, 1.54) is 24.0 Å². The van der Waals surface area contributed by atoms with Crippen LogP contribution in [0.25, 0.3) is 16.7 Å². The highest BCUT2D eigenvalue weighted by Crippen LogP contribution is 2.53. The number of carbonyl (C=O) groups is 1. The largest absolute Gasteiger partial charge is 0.324 e. The number of hydrogen-bond donors (Lipinski definition) is 1. The number of fused-ring (bicyclic) bond motifs is 7. The second-order valence-electron chi connectivity index (χ2n) is 11.5. The average Bonchev–Trinajstić information content (AvgIpc) is 3.63. The Balaban J connectivity index is 1.24. The summed E-state index contributed by atoms with van der Waals surface area (Å²) >= 11 is 0. The van der Waals surface area contributed by atoms with Crippen molar-refractivity contribution >= 4 is 34.3 Å². The van der Waals surface area contributed by atoms with Crippen LogP contribution in [-0.4, -0.2) is 50.3 Å². The molecule has 1 spiro atoms. The van der Waals surface area contributed by atoms with Gasteiger partial charge in [0.25, 0.3) is 5.56 Å². The van der Waals surface area contributed by atoms with Crippen LogP contribution in [0, 0.1) is 0 Å². The summed E-state index contributed by atoms with van der Waals surface area (Å²) in [5.74, 6) is 0.572. The molecule has 9 heteroatoms. The third-order valence-corrected chi connectivity index (χ3v) is 9.16.